The van der Waals surface area contributed by atoms with Crippen LogP contribution in [0.4, 0.5) is 0 Å². The quantitative estimate of drug-likeness (QED) is 0.341. The molecule has 6 nitrogen and oxygen atoms in total. The monoisotopic (exact) mass is 242 g/mol. The Kier molecular flexibility index (Phi) is 4.47. The van der Waals surface area contributed by atoms with Crippen molar-refractivity contribution in [3.8, 4) is 0 Å². The number of rotatable bonds is 4. The SMILES string of the molecule is CC(C)(CN1CCCC(C(N)=O)C1)C(=O)NN. The van der Waals surface area contributed by atoms with Gasteiger partial charge in [0.1, 0.15) is 0 Å². The van der Waals surface area contributed by atoms with E-state index in [9.17, 15) is 9.59 Å². The fraction of sp³-hybridized carbons (Fsp3) is 0.818. The Morgan fingerprint density at radius 1 is 1.47 bits per heavy atom. The highest BCUT2D eigenvalue weighted by atomic mass is 16.2. The summed E-state index contributed by atoms with van der Waals surface area (Å²) in [7, 11) is 0. The van der Waals surface area contributed by atoms with Crippen molar-refractivity contribution in [1.82, 2.24) is 10.3 Å². The van der Waals surface area contributed by atoms with Gasteiger partial charge in [0.2, 0.25) is 11.8 Å². The number of carbonyl (C=O) groups is 2. The Morgan fingerprint density at radius 3 is 2.65 bits per heavy atom. The molecular formula is C11H22N4O2. The Hall–Kier alpha value is -1.14. The van der Waals surface area contributed by atoms with Gasteiger partial charge in [-0.2, -0.15) is 0 Å². The topological polar surface area (TPSA) is 101 Å². The number of amides is 2. The van der Waals surface area contributed by atoms with E-state index in [4.69, 9.17) is 11.6 Å². The van der Waals surface area contributed by atoms with Crippen LogP contribution < -0.4 is 17.0 Å². The minimum Gasteiger partial charge on any atom is -0.369 e. The van der Waals surface area contributed by atoms with Crippen LogP contribution in [0.1, 0.15) is 26.7 Å². The number of hydrazine groups is 1. The lowest BCUT2D eigenvalue weighted by atomic mass is 9.89. The van der Waals surface area contributed by atoms with Crippen molar-refractivity contribution >= 4 is 11.8 Å². The number of nitrogens with two attached hydrogens (primary N) is 2. The number of hydrogen-bond acceptors (Lipinski definition) is 4. The highest BCUT2D eigenvalue weighted by Gasteiger charge is 2.32. The molecule has 0 saturated carbocycles. The van der Waals surface area contributed by atoms with Crippen molar-refractivity contribution < 1.29 is 9.59 Å². The fourth-order valence-corrected chi connectivity index (χ4v) is 2.26. The fourth-order valence-electron chi connectivity index (χ4n) is 2.26. The molecule has 5 N–H and O–H groups in total. The molecule has 98 valence electrons. The summed E-state index contributed by atoms with van der Waals surface area (Å²) in [4.78, 5) is 24.8. The summed E-state index contributed by atoms with van der Waals surface area (Å²) in [5, 5.41) is 0. The van der Waals surface area contributed by atoms with Crippen molar-refractivity contribution in [2.75, 3.05) is 19.6 Å². The van der Waals surface area contributed by atoms with Gasteiger partial charge in [-0.1, -0.05) is 0 Å². The van der Waals surface area contributed by atoms with E-state index < -0.39 is 5.41 Å². The van der Waals surface area contributed by atoms with Crippen LogP contribution in [0.5, 0.6) is 0 Å². The summed E-state index contributed by atoms with van der Waals surface area (Å²) in [5.74, 6) is 4.60. The molecule has 6 heteroatoms. The molecule has 1 rings (SSSR count). The third-order valence-corrected chi connectivity index (χ3v) is 3.27. The van der Waals surface area contributed by atoms with Crippen LogP contribution in [0.25, 0.3) is 0 Å². The third kappa shape index (κ3) is 3.67. The van der Waals surface area contributed by atoms with Gasteiger partial charge in [-0.15, -0.1) is 0 Å². The minimum absolute atomic E-state index is 0.0968. The first-order valence-electron chi connectivity index (χ1n) is 5.89. The van der Waals surface area contributed by atoms with E-state index in [1.807, 2.05) is 13.8 Å². The van der Waals surface area contributed by atoms with Gasteiger partial charge in [0.15, 0.2) is 0 Å². The van der Waals surface area contributed by atoms with E-state index in [-0.39, 0.29) is 17.7 Å². The van der Waals surface area contributed by atoms with Crippen molar-refractivity contribution in [1.29, 1.82) is 0 Å². The van der Waals surface area contributed by atoms with Crippen molar-refractivity contribution in [3.63, 3.8) is 0 Å². The zero-order valence-electron chi connectivity index (χ0n) is 10.5. The molecule has 2 amide bonds. The first-order valence-corrected chi connectivity index (χ1v) is 5.89. The number of carbonyl (C=O) groups excluding carboxylic acids is 2. The lowest BCUT2D eigenvalue weighted by Gasteiger charge is -2.36. The molecule has 17 heavy (non-hydrogen) atoms. The number of nitrogens with one attached hydrogen (secondary N) is 1. The van der Waals surface area contributed by atoms with Crippen LogP contribution in [0.2, 0.25) is 0 Å². The molecule has 1 atom stereocenters. The van der Waals surface area contributed by atoms with E-state index >= 15 is 0 Å². The van der Waals surface area contributed by atoms with E-state index in [1.165, 1.54) is 0 Å². The van der Waals surface area contributed by atoms with Gasteiger partial charge in [0.05, 0.1) is 11.3 Å². The zero-order chi connectivity index (χ0) is 13.1. The molecule has 0 aromatic rings. The van der Waals surface area contributed by atoms with Gasteiger partial charge < -0.3 is 10.6 Å². The van der Waals surface area contributed by atoms with Gasteiger partial charge in [0.25, 0.3) is 0 Å². The molecule has 0 aromatic carbocycles. The predicted octanol–water partition coefficient (Wildman–Crippen LogP) is -0.800. The lowest BCUT2D eigenvalue weighted by molar-refractivity contribution is -0.131. The first kappa shape index (κ1) is 13.9. The van der Waals surface area contributed by atoms with E-state index in [0.717, 1.165) is 19.4 Å². The minimum atomic E-state index is -0.561. The summed E-state index contributed by atoms with van der Waals surface area (Å²) in [6.45, 7) is 5.79. The second-order valence-corrected chi connectivity index (χ2v) is 5.33. The molecule has 0 radical (unpaired) electrons. The van der Waals surface area contributed by atoms with Crippen molar-refractivity contribution in [3.05, 3.63) is 0 Å². The summed E-state index contributed by atoms with van der Waals surface area (Å²) >= 11 is 0. The predicted molar refractivity (Wildman–Crippen MR) is 64.5 cm³/mol. The summed E-state index contributed by atoms with van der Waals surface area (Å²) in [6.07, 6.45) is 1.78. The molecule has 1 heterocycles. The summed E-state index contributed by atoms with van der Waals surface area (Å²) in [5.41, 5.74) is 6.92. The molecular weight excluding hydrogens is 220 g/mol. The Labute approximate surface area is 102 Å². The second kappa shape index (κ2) is 5.46. The summed E-state index contributed by atoms with van der Waals surface area (Å²) < 4.78 is 0. The molecule has 1 saturated heterocycles. The number of nitrogens with zero attached hydrogens (tertiary/aromatic N) is 1. The van der Waals surface area contributed by atoms with Crippen molar-refractivity contribution in [2.24, 2.45) is 22.9 Å². The third-order valence-electron chi connectivity index (χ3n) is 3.27. The second-order valence-electron chi connectivity index (χ2n) is 5.33. The van der Waals surface area contributed by atoms with Crippen LogP contribution in [0, 0.1) is 11.3 Å². The number of likely N-dealkylation sites (tertiary alicyclic amines) is 1. The lowest BCUT2D eigenvalue weighted by Crippen LogP contribution is -2.50. The number of piperidine rings is 1. The molecule has 1 fully saturated rings. The van der Waals surface area contributed by atoms with Crippen molar-refractivity contribution in [2.45, 2.75) is 26.7 Å². The maximum atomic E-state index is 11.6. The highest BCUT2D eigenvalue weighted by Crippen LogP contribution is 2.22. The Morgan fingerprint density at radius 2 is 2.12 bits per heavy atom. The van der Waals surface area contributed by atoms with Gasteiger partial charge in [-0.25, -0.2) is 5.84 Å². The highest BCUT2D eigenvalue weighted by molar-refractivity contribution is 5.81. The van der Waals surface area contributed by atoms with Gasteiger partial charge in [-0.05, 0) is 33.2 Å². The number of hydrogen-bond donors (Lipinski definition) is 3. The molecule has 0 bridgehead atoms. The van der Waals surface area contributed by atoms with Gasteiger partial charge >= 0.3 is 0 Å². The molecule has 0 aromatic heterocycles. The maximum Gasteiger partial charge on any atom is 0.240 e. The largest absolute Gasteiger partial charge is 0.369 e. The molecule has 0 aliphatic carbocycles. The molecule has 1 aliphatic rings. The number of primary amides is 1. The smallest absolute Gasteiger partial charge is 0.240 e. The van der Waals surface area contributed by atoms with Gasteiger partial charge in [-0.3, -0.25) is 15.0 Å². The maximum absolute atomic E-state index is 11.6. The van der Waals surface area contributed by atoms with Crippen LogP contribution in [-0.2, 0) is 9.59 Å². The average molecular weight is 242 g/mol. The van der Waals surface area contributed by atoms with Crippen LogP contribution in [0.3, 0.4) is 0 Å². The zero-order valence-corrected chi connectivity index (χ0v) is 10.5. The standard InChI is InChI=1S/C11H22N4O2/c1-11(2,10(17)14-13)7-15-5-3-4-8(6-15)9(12)16/h8H,3-7,13H2,1-2H3,(H2,12,16)(H,14,17). The molecule has 1 aliphatic heterocycles. The molecule has 1 unspecified atom stereocenters. The average Bonchev–Trinajstić information content (AvgIpc) is 2.27. The Balaban J connectivity index is 2.56. The van der Waals surface area contributed by atoms with E-state index in [0.29, 0.717) is 13.1 Å². The van der Waals surface area contributed by atoms with Crippen LogP contribution in [0.15, 0.2) is 0 Å². The van der Waals surface area contributed by atoms with E-state index in [1.54, 1.807) is 0 Å². The van der Waals surface area contributed by atoms with E-state index in [2.05, 4.69) is 10.3 Å². The normalized spacial score (nSPS) is 22.2. The first-order chi connectivity index (χ1) is 7.86. The van der Waals surface area contributed by atoms with Gasteiger partial charge in [0, 0.05) is 13.1 Å². The Bertz CT molecular complexity index is 304. The van der Waals surface area contributed by atoms with Crippen LogP contribution in [-0.4, -0.2) is 36.3 Å². The summed E-state index contributed by atoms with van der Waals surface area (Å²) in [6, 6.07) is 0. The van der Waals surface area contributed by atoms with Crippen LogP contribution >= 0.6 is 0 Å². The molecule has 0 spiro atoms.